The van der Waals surface area contributed by atoms with E-state index in [9.17, 15) is 10.1 Å². The van der Waals surface area contributed by atoms with Crippen LogP contribution in [-0.2, 0) is 6.42 Å². The summed E-state index contributed by atoms with van der Waals surface area (Å²) in [6.07, 6.45) is 4.50. The standard InChI is InChI=1S/C20H19Cl2N5O2/c1-2-3-4-13-5-7-14(8-6-13)25-19-18(27(28)29)20(24-12-23-19)26-15-9-10-16(21)17(22)11-15/h5-12H,2-4H2,1H3,(H2,23,24,25,26). The van der Waals surface area contributed by atoms with Gasteiger partial charge in [-0.05, 0) is 48.7 Å². The average Bonchev–Trinajstić information content (AvgIpc) is 2.70. The molecular formula is C20H19Cl2N5O2. The van der Waals surface area contributed by atoms with E-state index in [2.05, 4.69) is 27.5 Å². The van der Waals surface area contributed by atoms with E-state index in [0.29, 0.717) is 21.4 Å². The van der Waals surface area contributed by atoms with E-state index in [1.165, 1.54) is 11.9 Å². The van der Waals surface area contributed by atoms with Gasteiger partial charge in [-0.1, -0.05) is 48.7 Å². The maximum Gasteiger partial charge on any atom is 0.353 e. The third-order valence-electron chi connectivity index (χ3n) is 4.22. The number of rotatable bonds is 8. The van der Waals surface area contributed by atoms with Gasteiger partial charge in [0.1, 0.15) is 6.33 Å². The fourth-order valence-electron chi connectivity index (χ4n) is 2.72. The van der Waals surface area contributed by atoms with Crippen molar-refractivity contribution >= 4 is 51.9 Å². The molecule has 0 aliphatic heterocycles. The first kappa shape index (κ1) is 20.8. The van der Waals surface area contributed by atoms with Crippen molar-refractivity contribution in [1.29, 1.82) is 0 Å². The van der Waals surface area contributed by atoms with Crippen molar-refractivity contribution in [3.05, 3.63) is 74.5 Å². The van der Waals surface area contributed by atoms with Gasteiger partial charge in [-0.15, -0.1) is 0 Å². The number of nitro groups is 1. The molecular weight excluding hydrogens is 413 g/mol. The summed E-state index contributed by atoms with van der Waals surface area (Å²) in [5, 5.41) is 18.3. The highest BCUT2D eigenvalue weighted by Crippen LogP contribution is 2.34. The highest BCUT2D eigenvalue weighted by molar-refractivity contribution is 6.42. The molecule has 3 rings (SSSR count). The average molecular weight is 432 g/mol. The van der Waals surface area contributed by atoms with Crippen LogP contribution in [0.25, 0.3) is 0 Å². The summed E-state index contributed by atoms with van der Waals surface area (Å²) in [7, 11) is 0. The zero-order chi connectivity index (χ0) is 20.8. The minimum absolute atomic E-state index is 0.0467. The van der Waals surface area contributed by atoms with Gasteiger partial charge < -0.3 is 10.6 Å². The van der Waals surface area contributed by atoms with E-state index in [1.807, 2.05) is 24.3 Å². The molecule has 150 valence electrons. The summed E-state index contributed by atoms with van der Waals surface area (Å²) < 4.78 is 0. The molecule has 0 aliphatic rings. The Morgan fingerprint density at radius 1 is 0.966 bits per heavy atom. The quantitative estimate of drug-likeness (QED) is 0.311. The largest absolute Gasteiger partial charge is 0.353 e. The molecule has 0 saturated carbocycles. The zero-order valence-corrected chi connectivity index (χ0v) is 17.2. The van der Waals surface area contributed by atoms with Crippen molar-refractivity contribution in [2.45, 2.75) is 26.2 Å². The van der Waals surface area contributed by atoms with Gasteiger partial charge in [0.2, 0.25) is 11.6 Å². The molecule has 0 spiro atoms. The van der Waals surface area contributed by atoms with E-state index in [0.717, 1.165) is 19.3 Å². The van der Waals surface area contributed by atoms with Gasteiger partial charge in [0.25, 0.3) is 0 Å². The summed E-state index contributed by atoms with van der Waals surface area (Å²) in [6, 6.07) is 12.6. The summed E-state index contributed by atoms with van der Waals surface area (Å²) in [4.78, 5) is 19.3. The van der Waals surface area contributed by atoms with Crippen molar-refractivity contribution < 1.29 is 4.92 Å². The fourth-order valence-corrected chi connectivity index (χ4v) is 3.02. The Kier molecular flexibility index (Phi) is 6.85. The van der Waals surface area contributed by atoms with Crippen LogP contribution in [0.5, 0.6) is 0 Å². The Balaban J connectivity index is 1.86. The second kappa shape index (κ2) is 9.54. The Morgan fingerprint density at radius 2 is 1.59 bits per heavy atom. The summed E-state index contributed by atoms with van der Waals surface area (Å²) in [5.74, 6) is 0.138. The van der Waals surface area contributed by atoms with Crippen molar-refractivity contribution in [2.24, 2.45) is 0 Å². The molecule has 0 atom stereocenters. The van der Waals surface area contributed by atoms with Gasteiger partial charge in [-0.2, -0.15) is 0 Å². The molecule has 0 unspecified atom stereocenters. The van der Waals surface area contributed by atoms with Crippen molar-refractivity contribution in [1.82, 2.24) is 9.97 Å². The van der Waals surface area contributed by atoms with Gasteiger partial charge in [-0.3, -0.25) is 10.1 Å². The summed E-state index contributed by atoms with van der Waals surface area (Å²) in [5.41, 5.74) is 2.17. The molecule has 1 aromatic heterocycles. The summed E-state index contributed by atoms with van der Waals surface area (Å²) in [6.45, 7) is 2.15. The first-order valence-electron chi connectivity index (χ1n) is 9.05. The third-order valence-corrected chi connectivity index (χ3v) is 4.96. The number of halogens is 2. The number of aromatic nitrogens is 2. The number of nitrogens with one attached hydrogen (secondary N) is 2. The lowest BCUT2D eigenvalue weighted by atomic mass is 10.1. The fraction of sp³-hybridized carbons (Fsp3) is 0.200. The number of hydrogen-bond donors (Lipinski definition) is 2. The predicted octanol–water partition coefficient (Wildman–Crippen LogP) is 6.52. The molecule has 3 aromatic rings. The van der Waals surface area contributed by atoms with Crippen LogP contribution in [0.3, 0.4) is 0 Å². The van der Waals surface area contributed by atoms with E-state index in [-0.39, 0.29) is 17.3 Å². The molecule has 1 heterocycles. The van der Waals surface area contributed by atoms with Crippen LogP contribution in [0.1, 0.15) is 25.3 Å². The first-order valence-corrected chi connectivity index (χ1v) is 9.81. The Morgan fingerprint density at radius 3 is 2.17 bits per heavy atom. The molecule has 0 amide bonds. The van der Waals surface area contributed by atoms with Crippen molar-refractivity contribution in [2.75, 3.05) is 10.6 Å². The van der Waals surface area contributed by atoms with Crippen LogP contribution in [0.4, 0.5) is 28.7 Å². The molecule has 29 heavy (non-hydrogen) atoms. The Bertz CT molecular complexity index is 1010. The van der Waals surface area contributed by atoms with Crippen LogP contribution in [-0.4, -0.2) is 14.9 Å². The molecule has 0 saturated heterocycles. The van der Waals surface area contributed by atoms with Crippen molar-refractivity contribution in [3.63, 3.8) is 0 Å². The topological polar surface area (TPSA) is 93.0 Å². The van der Waals surface area contributed by atoms with Gasteiger partial charge >= 0.3 is 5.69 Å². The van der Waals surface area contributed by atoms with E-state index in [1.54, 1.807) is 18.2 Å². The Labute approximate surface area is 178 Å². The van der Waals surface area contributed by atoms with Crippen LogP contribution in [0, 0.1) is 10.1 Å². The Hall–Kier alpha value is -2.90. The second-order valence-corrected chi connectivity index (χ2v) is 7.17. The molecule has 2 N–H and O–H groups in total. The number of benzene rings is 2. The third kappa shape index (κ3) is 5.34. The highest BCUT2D eigenvalue weighted by atomic mass is 35.5. The SMILES string of the molecule is CCCCc1ccc(Nc2ncnc(Nc3ccc(Cl)c(Cl)c3)c2[N+](=O)[O-])cc1. The number of aryl methyl sites for hydroxylation is 1. The maximum absolute atomic E-state index is 11.7. The van der Waals surface area contributed by atoms with Crippen LogP contribution in [0.2, 0.25) is 10.0 Å². The molecule has 7 nitrogen and oxygen atoms in total. The molecule has 9 heteroatoms. The molecule has 0 fully saturated rings. The van der Waals surface area contributed by atoms with E-state index in [4.69, 9.17) is 23.2 Å². The number of unbranched alkanes of at least 4 members (excludes halogenated alkanes) is 1. The first-order chi connectivity index (χ1) is 14.0. The van der Waals surface area contributed by atoms with Gasteiger partial charge in [0.05, 0.1) is 15.0 Å². The lowest BCUT2D eigenvalue weighted by Gasteiger charge is -2.11. The lowest BCUT2D eigenvalue weighted by molar-refractivity contribution is -0.383. The van der Waals surface area contributed by atoms with Gasteiger partial charge in [-0.25, -0.2) is 9.97 Å². The zero-order valence-electron chi connectivity index (χ0n) is 15.7. The molecule has 0 aliphatic carbocycles. The molecule has 0 radical (unpaired) electrons. The maximum atomic E-state index is 11.7. The predicted molar refractivity (Wildman–Crippen MR) is 117 cm³/mol. The van der Waals surface area contributed by atoms with Gasteiger partial charge in [0, 0.05) is 11.4 Å². The molecule has 0 bridgehead atoms. The van der Waals surface area contributed by atoms with E-state index >= 15 is 0 Å². The normalized spacial score (nSPS) is 10.6. The highest BCUT2D eigenvalue weighted by Gasteiger charge is 2.23. The lowest BCUT2D eigenvalue weighted by Crippen LogP contribution is -2.05. The summed E-state index contributed by atoms with van der Waals surface area (Å²) >= 11 is 11.9. The molecule has 2 aromatic carbocycles. The smallest absolute Gasteiger partial charge is 0.334 e. The van der Waals surface area contributed by atoms with E-state index < -0.39 is 4.92 Å². The second-order valence-electron chi connectivity index (χ2n) is 6.36. The monoisotopic (exact) mass is 431 g/mol. The number of anilines is 4. The minimum Gasteiger partial charge on any atom is -0.334 e. The van der Waals surface area contributed by atoms with Crippen LogP contribution >= 0.6 is 23.2 Å². The van der Waals surface area contributed by atoms with Crippen LogP contribution < -0.4 is 10.6 Å². The minimum atomic E-state index is -0.530. The number of nitrogens with zero attached hydrogens (tertiary/aromatic N) is 3. The van der Waals surface area contributed by atoms with Gasteiger partial charge in [0.15, 0.2) is 0 Å². The number of hydrogen-bond acceptors (Lipinski definition) is 6. The van der Waals surface area contributed by atoms with Crippen molar-refractivity contribution in [3.8, 4) is 0 Å². The van der Waals surface area contributed by atoms with Crippen LogP contribution in [0.15, 0.2) is 48.8 Å².